The molecule has 1 saturated heterocycles. The first-order chi connectivity index (χ1) is 8.31. The Hall–Kier alpha value is -1.02. The second-order valence-corrected chi connectivity index (χ2v) is 4.96. The second-order valence-electron chi connectivity index (χ2n) is 4.96. The summed E-state index contributed by atoms with van der Waals surface area (Å²) >= 11 is 0. The van der Waals surface area contributed by atoms with Gasteiger partial charge in [-0.3, -0.25) is 0 Å². The molecule has 1 aromatic rings. The van der Waals surface area contributed by atoms with Gasteiger partial charge in [-0.2, -0.15) is 0 Å². The van der Waals surface area contributed by atoms with E-state index in [2.05, 4.69) is 30.0 Å². The molecule has 0 bridgehead atoms. The molecule has 2 rings (SSSR count). The molecule has 0 saturated carbocycles. The summed E-state index contributed by atoms with van der Waals surface area (Å²) in [6.07, 6.45) is 5.20. The number of methoxy groups -OCH3 is 1. The Labute approximate surface area is 105 Å². The van der Waals surface area contributed by atoms with Crippen molar-refractivity contribution in [3.63, 3.8) is 0 Å². The van der Waals surface area contributed by atoms with Gasteiger partial charge in [0.2, 0.25) is 0 Å². The van der Waals surface area contributed by atoms with Gasteiger partial charge >= 0.3 is 0 Å². The molecule has 1 unspecified atom stereocenters. The van der Waals surface area contributed by atoms with Crippen molar-refractivity contribution in [2.45, 2.75) is 38.6 Å². The van der Waals surface area contributed by atoms with Crippen molar-refractivity contribution in [3.8, 4) is 5.75 Å². The van der Waals surface area contributed by atoms with Crippen LogP contribution in [0, 0.1) is 0 Å². The first-order valence-corrected chi connectivity index (χ1v) is 6.67. The molecule has 0 aromatic heterocycles. The lowest BCUT2D eigenvalue weighted by molar-refractivity contribution is 0.172. The monoisotopic (exact) mass is 233 g/mol. The highest BCUT2D eigenvalue weighted by Crippen LogP contribution is 2.22. The van der Waals surface area contributed by atoms with Crippen LogP contribution in [-0.2, 0) is 6.42 Å². The van der Waals surface area contributed by atoms with Gasteiger partial charge in [-0.15, -0.1) is 0 Å². The molecule has 0 aliphatic carbocycles. The van der Waals surface area contributed by atoms with Crippen LogP contribution < -0.4 is 4.74 Å². The fourth-order valence-corrected chi connectivity index (χ4v) is 2.68. The van der Waals surface area contributed by atoms with E-state index in [1.54, 1.807) is 7.11 Å². The summed E-state index contributed by atoms with van der Waals surface area (Å²) in [5.41, 5.74) is 1.33. The van der Waals surface area contributed by atoms with Gasteiger partial charge in [0, 0.05) is 6.04 Å². The van der Waals surface area contributed by atoms with Crippen LogP contribution in [0.5, 0.6) is 5.75 Å². The normalized spacial score (nSPS) is 18.9. The highest BCUT2D eigenvalue weighted by atomic mass is 16.5. The van der Waals surface area contributed by atoms with Gasteiger partial charge in [-0.1, -0.05) is 24.6 Å². The van der Waals surface area contributed by atoms with E-state index >= 15 is 0 Å². The number of hydrogen-bond acceptors (Lipinski definition) is 2. The van der Waals surface area contributed by atoms with E-state index in [0.717, 1.165) is 12.2 Å². The van der Waals surface area contributed by atoms with E-state index in [1.807, 2.05) is 6.07 Å². The van der Waals surface area contributed by atoms with Crippen LogP contribution in [0.2, 0.25) is 0 Å². The SMILES string of the molecule is COc1ccccc1CC(C)N1CCCCC1. The average Bonchev–Trinajstić information content (AvgIpc) is 2.40. The third kappa shape index (κ3) is 3.22. The van der Waals surface area contributed by atoms with E-state index in [0.29, 0.717) is 6.04 Å². The number of benzene rings is 1. The highest BCUT2D eigenvalue weighted by molar-refractivity contribution is 5.33. The van der Waals surface area contributed by atoms with Crippen molar-refractivity contribution in [1.82, 2.24) is 4.90 Å². The molecule has 0 spiro atoms. The van der Waals surface area contributed by atoms with Gasteiger partial charge in [-0.05, 0) is 50.9 Å². The van der Waals surface area contributed by atoms with Crippen LogP contribution in [0.4, 0.5) is 0 Å². The van der Waals surface area contributed by atoms with Crippen molar-refractivity contribution in [2.24, 2.45) is 0 Å². The maximum absolute atomic E-state index is 5.42. The maximum Gasteiger partial charge on any atom is 0.122 e. The standard InChI is InChI=1S/C15H23NO/c1-13(16-10-6-3-7-11-16)12-14-8-4-5-9-15(14)17-2/h4-5,8-9,13H,3,6-7,10-12H2,1-2H3. The van der Waals surface area contributed by atoms with Gasteiger partial charge in [0.05, 0.1) is 7.11 Å². The van der Waals surface area contributed by atoms with Crippen molar-refractivity contribution < 1.29 is 4.74 Å². The van der Waals surface area contributed by atoms with Crippen molar-refractivity contribution in [2.75, 3.05) is 20.2 Å². The molecule has 17 heavy (non-hydrogen) atoms. The Morgan fingerprint density at radius 1 is 1.18 bits per heavy atom. The van der Waals surface area contributed by atoms with Gasteiger partial charge in [0.25, 0.3) is 0 Å². The molecule has 1 atom stereocenters. The Balaban J connectivity index is 1.99. The lowest BCUT2D eigenvalue weighted by Crippen LogP contribution is -2.38. The number of likely N-dealkylation sites (tertiary alicyclic amines) is 1. The van der Waals surface area contributed by atoms with E-state index in [-0.39, 0.29) is 0 Å². The fraction of sp³-hybridized carbons (Fsp3) is 0.600. The summed E-state index contributed by atoms with van der Waals surface area (Å²) in [4.78, 5) is 2.61. The number of nitrogens with zero attached hydrogens (tertiary/aromatic N) is 1. The largest absolute Gasteiger partial charge is 0.496 e. The van der Waals surface area contributed by atoms with Gasteiger partial charge in [0.1, 0.15) is 5.75 Å². The summed E-state index contributed by atoms with van der Waals surface area (Å²) < 4.78 is 5.42. The first-order valence-electron chi connectivity index (χ1n) is 6.67. The topological polar surface area (TPSA) is 12.5 Å². The van der Waals surface area contributed by atoms with Crippen LogP contribution in [-0.4, -0.2) is 31.1 Å². The Kier molecular flexibility index (Phi) is 4.43. The molecule has 2 heteroatoms. The van der Waals surface area contributed by atoms with Crippen LogP contribution >= 0.6 is 0 Å². The smallest absolute Gasteiger partial charge is 0.122 e. The van der Waals surface area contributed by atoms with Gasteiger partial charge < -0.3 is 9.64 Å². The molecule has 94 valence electrons. The van der Waals surface area contributed by atoms with Crippen LogP contribution in [0.3, 0.4) is 0 Å². The summed E-state index contributed by atoms with van der Waals surface area (Å²) in [6.45, 7) is 4.85. The molecule has 1 aromatic carbocycles. The van der Waals surface area contributed by atoms with Crippen LogP contribution in [0.1, 0.15) is 31.7 Å². The molecule has 0 amide bonds. The summed E-state index contributed by atoms with van der Waals surface area (Å²) in [6, 6.07) is 8.98. The quantitative estimate of drug-likeness (QED) is 0.792. The maximum atomic E-state index is 5.42. The van der Waals surface area contributed by atoms with Crippen LogP contribution in [0.15, 0.2) is 24.3 Å². The summed E-state index contributed by atoms with van der Waals surface area (Å²) in [5.74, 6) is 1.02. The van der Waals surface area contributed by atoms with Crippen molar-refractivity contribution in [1.29, 1.82) is 0 Å². The molecule has 1 fully saturated rings. The highest BCUT2D eigenvalue weighted by Gasteiger charge is 2.17. The van der Waals surface area contributed by atoms with Gasteiger partial charge in [0.15, 0.2) is 0 Å². The number of ether oxygens (including phenoxy) is 1. The lowest BCUT2D eigenvalue weighted by Gasteiger charge is -2.32. The molecule has 0 N–H and O–H groups in total. The molecule has 1 aliphatic rings. The first kappa shape index (κ1) is 12.4. The summed E-state index contributed by atoms with van der Waals surface area (Å²) in [7, 11) is 1.75. The van der Waals surface area contributed by atoms with E-state index in [1.165, 1.54) is 37.9 Å². The predicted octanol–water partition coefficient (Wildman–Crippen LogP) is 3.11. The number of hydrogen-bond donors (Lipinski definition) is 0. The fourth-order valence-electron chi connectivity index (χ4n) is 2.68. The van der Waals surface area contributed by atoms with E-state index in [4.69, 9.17) is 4.74 Å². The molecule has 1 aliphatic heterocycles. The lowest BCUT2D eigenvalue weighted by atomic mass is 10.0. The zero-order valence-corrected chi connectivity index (χ0v) is 11.0. The van der Waals surface area contributed by atoms with Crippen LogP contribution in [0.25, 0.3) is 0 Å². The Morgan fingerprint density at radius 3 is 2.59 bits per heavy atom. The summed E-state index contributed by atoms with van der Waals surface area (Å²) in [5, 5.41) is 0. The third-order valence-corrected chi connectivity index (χ3v) is 3.72. The minimum Gasteiger partial charge on any atom is -0.496 e. The Bertz CT molecular complexity index is 345. The van der Waals surface area contributed by atoms with Gasteiger partial charge in [-0.25, -0.2) is 0 Å². The van der Waals surface area contributed by atoms with Crippen molar-refractivity contribution in [3.05, 3.63) is 29.8 Å². The molecular formula is C15H23NO. The minimum atomic E-state index is 0.617. The Morgan fingerprint density at radius 2 is 1.88 bits per heavy atom. The molecular weight excluding hydrogens is 210 g/mol. The average molecular weight is 233 g/mol. The minimum absolute atomic E-state index is 0.617. The number of para-hydroxylation sites is 1. The number of piperidine rings is 1. The number of rotatable bonds is 4. The van der Waals surface area contributed by atoms with E-state index < -0.39 is 0 Å². The molecule has 0 radical (unpaired) electrons. The second kappa shape index (κ2) is 6.06. The zero-order chi connectivity index (χ0) is 12.1. The zero-order valence-electron chi connectivity index (χ0n) is 11.0. The predicted molar refractivity (Wildman–Crippen MR) is 71.6 cm³/mol. The van der Waals surface area contributed by atoms with E-state index in [9.17, 15) is 0 Å². The molecule has 2 nitrogen and oxygen atoms in total. The third-order valence-electron chi connectivity index (χ3n) is 3.72. The molecule has 1 heterocycles. The van der Waals surface area contributed by atoms with Crippen molar-refractivity contribution >= 4 is 0 Å².